The van der Waals surface area contributed by atoms with Gasteiger partial charge in [0.25, 0.3) is 10.1 Å². The molecule has 0 saturated carbocycles. The molecule has 0 aliphatic carbocycles. The van der Waals surface area contributed by atoms with Crippen molar-refractivity contribution in [2.24, 2.45) is 11.8 Å². The van der Waals surface area contributed by atoms with E-state index in [4.69, 9.17) is 0 Å². The Morgan fingerprint density at radius 2 is 1.38 bits per heavy atom. The number of nitrogens with zero attached hydrogens (tertiary/aromatic N) is 2. The Morgan fingerprint density at radius 3 is 2.03 bits per heavy atom. The second-order valence-corrected chi connectivity index (χ2v) is 20.9. The summed E-state index contributed by atoms with van der Waals surface area (Å²) in [6, 6.07) is 25.8. The Hall–Kier alpha value is -4.09. The third-order valence-corrected chi connectivity index (χ3v) is 14.4. The standard InChI is InChI=1S/C50H64N2O6S2/c1-7-9-11-22-37(40(8-2)48-50(5,6)47-42-27-17-15-25-39(42)30-32-44(47)52(48)34-19-21-36-60(56,57)58)23-12-10-13-28-45-49(3,4)46-41-26-16-14-24-38(41)29-31-43(46)51(45)33-18-20-35-59(53,54)55/h10,12-17,23-32,37,40H,7-9,11,18-22,33-36H2,1-6H3,(H-,53,54,55,56,57,58)/b13-10+,23-12+,45-28?. The number of unbranched alkanes of at least 4 members (excludes halogenated alkanes) is 4. The highest BCUT2D eigenvalue weighted by Crippen LogP contribution is 2.51. The molecule has 6 rings (SSSR count). The summed E-state index contributed by atoms with van der Waals surface area (Å²) in [5.74, 6) is -0.114. The highest BCUT2D eigenvalue weighted by Gasteiger charge is 2.50. The van der Waals surface area contributed by atoms with Crippen LogP contribution in [-0.2, 0) is 31.1 Å². The minimum atomic E-state index is -4.28. The van der Waals surface area contributed by atoms with Crippen LogP contribution >= 0.6 is 0 Å². The lowest BCUT2D eigenvalue weighted by atomic mass is 9.70. The summed E-state index contributed by atoms with van der Waals surface area (Å²) < 4.78 is 69.5. The van der Waals surface area contributed by atoms with E-state index in [-0.39, 0.29) is 34.2 Å². The Morgan fingerprint density at radius 1 is 0.733 bits per heavy atom. The van der Waals surface area contributed by atoms with Gasteiger partial charge in [-0.05, 0) is 97.2 Å². The largest absolute Gasteiger partial charge is 0.748 e. The van der Waals surface area contributed by atoms with E-state index in [0.29, 0.717) is 38.8 Å². The number of hydrogen-bond donors (Lipinski definition) is 1. The highest BCUT2D eigenvalue weighted by molar-refractivity contribution is 7.85. The molecule has 0 amide bonds. The van der Waals surface area contributed by atoms with Gasteiger partial charge in [0.2, 0.25) is 5.69 Å². The summed E-state index contributed by atoms with van der Waals surface area (Å²) >= 11 is 0. The molecule has 60 heavy (non-hydrogen) atoms. The average Bonchev–Trinajstić information content (AvgIpc) is 3.56. The summed E-state index contributed by atoms with van der Waals surface area (Å²) in [6.07, 6.45) is 18.4. The molecule has 0 spiro atoms. The zero-order valence-corrected chi connectivity index (χ0v) is 38.0. The SMILES string of the molecule is CCCCCC(/C=C/C=C/C=C1N(CCCCS(=O)(=O)O)c2ccc3ccccc3c2C1(C)C)C(CC)C1=[N+](CCCCS(=O)(=O)[O-])c2ccc3ccccc3c2C1(C)C. The number of rotatable bonds is 20. The first kappa shape index (κ1) is 45.4. The second kappa shape index (κ2) is 18.9. The minimum Gasteiger partial charge on any atom is -0.748 e. The van der Waals surface area contributed by atoms with E-state index in [1.807, 2.05) is 0 Å². The molecule has 0 radical (unpaired) electrons. The molecule has 4 aromatic rings. The van der Waals surface area contributed by atoms with Crippen molar-refractivity contribution < 1.29 is 30.5 Å². The average molecular weight is 853 g/mol. The van der Waals surface area contributed by atoms with Crippen LogP contribution < -0.4 is 4.90 Å². The van der Waals surface area contributed by atoms with Crippen molar-refractivity contribution in [1.29, 1.82) is 0 Å². The second-order valence-electron chi connectivity index (χ2n) is 17.8. The van der Waals surface area contributed by atoms with Crippen LogP contribution in [0.5, 0.6) is 0 Å². The smallest absolute Gasteiger partial charge is 0.264 e. The van der Waals surface area contributed by atoms with Crippen molar-refractivity contribution >= 4 is 58.9 Å². The molecule has 2 atom stereocenters. The van der Waals surface area contributed by atoms with Crippen molar-refractivity contribution in [2.75, 3.05) is 29.5 Å². The quantitative estimate of drug-likeness (QED) is 0.0407. The molecule has 1 N–H and O–H groups in total. The summed E-state index contributed by atoms with van der Waals surface area (Å²) in [4.78, 5) is 2.32. The predicted molar refractivity (Wildman–Crippen MR) is 248 cm³/mol. The molecule has 2 aliphatic rings. The van der Waals surface area contributed by atoms with Crippen LogP contribution in [0.4, 0.5) is 11.4 Å². The van der Waals surface area contributed by atoms with Gasteiger partial charge in [0, 0.05) is 53.1 Å². The zero-order valence-electron chi connectivity index (χ0n) is 36.4. The molecule has 4 aromatic carbocycles. The summed E-state index contributed by atoms with van der Waals surface area (Å²) in [6.45, 7) is 15.0. The normalized spacial score (nSPS) is 18.1. The van der Waals surface area contributed by atoms with E-state index in [1.165, 1.54) is 44.1 Å². The van der Waals surface area contributed by atoms with E-state index >= 15 is 0 Å². The topological polar surface area (TPSA) is 118 Å². The van der Waals surface area contributed by atoms with Crippen LogP contribution in [0.1, 0.15) is 110 Å². The van der Waals surface area contributed by atoms with Crippen molar-refractivity contribution in [3.05, 3.63) is 120 Å². The lowest BCUT2D eigenvalue weighted by Gasteiger charge is -2.29. The van der Waals surface area contributed by atoms with E-state index in [2.05, 4.69) is 154 Å². The van der Waals surface area contributed by atoms with Crippen molar-refractivity contribution in [3.63, 3.8) is 0 Å². The van der Waals surface area contributed by atoms with Gasteiger partial charge in [-0.25, -0.2) is 8.42 Å². The number of allylic oxidation sites excluding steroid dienone is 6. The van der Waals surface area contributed by atoms with Crippen LogP contribution in [0, 0.1) is 11.8 Å². The molecule has 2 heterocycles. The number of benzene rings is 4. The van der Waals surface area contributed by atoms with E-state index in [0.717, 1.165) is 43.5 Å². The molecular formula is C50H64N2O6S2. The predicted octanol–water partition coefficient (Wildman–Crippen LogP) is 11.4. The van der Waals surface area contributed by atoms with Crippen LogP contribution in [0.25, 0.3) is 21.5 Å². The van der Waals surface area contributed by atoms with Gasteiger partial charge in [0.05, 0.1) is 21.3 Å². The van der Waals surface area contributed by atoms with E-state index in [1.54, 1.807) is 0 Å². The van der Waals surface area contributed by atoms with Crippen LogP contribution in [0.3, 0.4) is 0 Å². The van der Waals surface area contributed by atoms with Crippen molar-refractivity contribution in [1.82, 2.24) is 0 Å². The summed E-state index contributed by atoms with van der Waals surface area (Å²) in [5.41, 5.74) is 6.79. The Balaban J connectivity index is 1.34. The van der Waals surface area contributed by atoms with Gasteiger partial charge in [-0.2, -0.15) is 13.0 Å². The lowest BCUT2D eigenvalue weighted by Crippen LogP contribution is -2.39. The molecule has 10 heteroatoms. The van der Waals surface area contributed by atoms with E-state index in [9.17, 15) is 25.9 Å². The van der Waals surface area contributed by atoms with Crippen LogP contribution in [0.2, 0.25) is 0 Å². The molecule has 0 saturated heterocycles. The Bertz CT molecular complexity index is 2530. The minimum absolute atomic E-state index is 0.226. The third-order valence-electron chi connectivity index (χ3n) is 12.9. The van der Waals surface area contributed by atoms with Crippen LogP contribution in [-0.4, -0.2) is 60.8 Å². The monoisotopic (exact) mass is 852 g/mol. The Kier molecular flexibility index (Phi) is 14.3. The first-order valence-corrected chi connectivity index (χ1v) is 25.1. The molecule has 2 aliphatic heterocycles. The zero-order chi connectivity index (χ0) is 43.3. The third kappa shape index (κ3) is 9.99. The summed E-state index contributed by atoms with van der Waals surface area (Å²) in [5, 5.41) is 4.84. The van der Waals surface area contributed by atoms with Gasteiger partial charge in [0.1, 0.15) is 6.54 Å². The molecule has 0 aromatic heterocycles. The van der Waals surface area contributed by atoms with Gasteiger partial charge in [-0.15, -0.1) is 0 Å². The van der Waals surface area contributed by atoms with Crippen molar-refractivity contribution in [3.8, 4) is 0 Å². The fourth-order valence-electron chi connectivity index (χ4n) is 10.2. The fraction of sp³-hybridized carbons (Fsp3) is 0.460. The molecule has 322 valence electrons. The maximum Gasteiger partial charge on any atom is 0.264 e. The maximum absolute atomic E-state index is 11.5. The molecule has 0 fully saturated rings. The molecule has 2 unspecified atom stereocenters. The maximum atomic E-state index is 11.5. The lowest BCUT2D eigenvalue weighted by molar-refractivity contribution is -0.442. The summed E-state index contributed by atoms with van der Waals surface area (Å²) in [7, 11) is -8.31. The number of fused-ring (bicyclic) bond motifs is 6. The van der Waals surface area contributed by atoms with Crippen LogP contribution in [0.15, 0.2) is 109 Å². The van der Waals surface area contributed by atoms with Gasteiger partial charge in [-0.3, -0.25) is 4.55 Å². The first-order valence-electron chi connectivity index (χ1n) is 21.9. The van der Waals surface area contributed by atoms with Gasteiger partial charge in [-0.1, -0.05) is 126 Å². The molecule has 0 bridgehead atoms. The number of hydrogen-bond acceptors (Lipinski definition) is 6. The molecule has 8 nitrogen and oxygen atoms in total. The van der Waals surface area contributed by atoms with Crippen molar-refractivity contribution in [2.45, 2.75) is 110 Å². The molecular weight excluding hydrogens is 789 g/mol. The fourth-order valence-corrected chi connectivity index (χ4v) is 11.3. The number of anilines is 1. The highest BCUT2D eigenvalue weighted by atomic mass is 32.2. The van der Waals surface area contributed by atoms with Gasteiger partial charge < -0.3 is 9.45 Å². The van der Waals surface area contributed by atoms with Gasteiger partial charge in [0.15, 0.2) is 5.71 Å². The van der Waals surface area contributed by atoms with Gasteiger partial charge >= 0.3 is 0 Å². The Labute approximate surface area is 359 Å². The van der Waals surface area contributed by atoms with E-state index < -0.39 is 20.2 Å². The first-order chi connectivity index (χ1) is 28.5.